The van der Waals surface area contributed by atoms with E-state index in [4.69, 9.17) is 26.8 Å². The summed E-state index contributed by atoms with van der Waals surface area (Å²) in [6.45, 7) is 10.3. The smallest absolute Gasteiger partial charge is 0.292 e. The number of benzene rings is 1. The number of hydrazone groups is 1. The number of nitrogens with zero attached hydrogens (tertiary/aromatic N) is 2. The van der Waals surface area contributed by atoms with Gasteiger partial charge in [-0.2, -0.15) is 5.10 Å². The fraction of sp³-hybridized carbons (Fsp3) is 0.765. The van der Waals surface area contributed by atoms with Gasteiger partial charge < -0.3 is 19.9 Å². The molecule has 0 bridgehead atoms. The molecule has 240 valence electrons. The summed E-state index contributed by atoms with van der Waals surface area (Å²) >= 11 is 5.65. The molecule has 2 saturated heterocycles. The first-order chi connectivity index (χ1) is 21.0. The molecule has 3 N–H and O–H groups in total. The van der Waals surface area contributed by atoms with Gasteiger partial charge in [-0.3, -0.25) is 15.5 Å². The molecule has 1 aromatic carbocycles. The van der Waals surface area contributed by atoms with E-state index in [9.17, 15) is 15.2 Å². The summed E-state index contributed by atoms with van der Waals surface area (Å²) in [7, 11) is 0. The first-order valence-electron chi connectivity index (χ1n) is 16.8. The maximum atomic E-state index is 11.6. The number of nitrogens with one attached hydrogen (secondary N) is 2. The van der Waals surface area contributed by atoms with Crippen LogP contribution in [-0.2, 0) is 9.47 Å². The molecule has 7 rings (SSSR count). The van der Waals surface area contributed by atoms with Gasteiger partial charge in [0.2, 0.25) is 0 Å². The Morgan fingerprint density at radius 1 is 1.11 bits per heavy atom. The van der Waals surface area contributed by atoms with Gasteiger partial charge in [0.1, 0.15) is 5.69 Å². The number of thiocarbonyl (C=S) groups is 1. The summed E-state index contributed by atoms with van der Waals surface area (Å²) in [6.07, 6.45) is 9.13. The Morgan fingerprint density at radius 3 is 2.66 bits per heavy atom. The number of anilines is 1. The summed E-state index contributed by atoms with van der Waals surface area (Å²) in [5.41, 5.74) is 4.59. The average molecular weight is 625 g/mol. The number of aliphatic hydroxyl groups is 1. The van der Waals surface area contributed by atoms with Crippen LogP contribution >= 0.6 is 12.2 Å². The first-order valence-corrected chi connectivity index (χ1v) is 17.2. The molecule has 4 aliphatic carbocycles. The van der Waals surface area contributed by atoms with Crippen molar-refractivity contribution >= 4 is 34.4 Å². The highest BCUT2D eigenvalue weighted by molar-refractivity contribution is 7.80. The minimum Gasteiger partial charge on any atom is -0.393 e. The second-order valence-electron chi connectivity index (χ2n) is 15.4. The molecular formula is C34H48N4O5S. The molecule has 4 saturated carbocycles. The van der Waals surface area contributed by atoms with Crippen molar-refractivity contribution in [1.82, 2.24) is 5.43 Å². The second-order valence-corrected chi connectivity index (χ2v) is 15.9. The van der Waals surface area contributed by atoms with Crippen molar-refractivity contribution in [1.29, 1.82) is 0 Å². The Balaban J connectivity index is 1.22. The van der Waals surface area contributed by atoms with Crippen LogP contribution in [0.2, 0.25) is 0 Å². The standard InChI is InChI=1S/C34H48N4O5S/c1-19-11-14-34(42-18-19)20(2)30-28(43-34)16-25-23-10-9-21-15-22(39)12-13-32(21,3)24(23)17-29(33(25,30)4)36-37-31(44)35-26-7-5-6-8-27(26)38(40)41/h5-8,19-25,28,30,39H,9-18H2,1-4H3,(H2,35,37,44)/b36-29+/t19-,20+,21+,22+,23-,24+,25+,28+,30+,32+,33-,34-/m1/s1. The zero-order chi connectivity index (χ0) is 31.0. The summed E-state index contributed by atoms with van der Waals surface area (Å²) in [5.74, 6) is 2.62. The van der Waals surface area contributed by atoms with Crippen molar-refractivity contribution in [3.63, 3.8) is 0 Å². The number of aliphatic hydroxyl groups excluding tert-OH is 1. The van der Waals surface area contributed by atoms with Crippen LogP contribution in [0.5, 0.6) is 0 Å². The van der Waals surface area contributed by atoms with E-state index in [2.05, 4.69) is 38.4 Å². The Morgan fingerprint density at radius 2 is 1.91 bits per heavy atom. The normalized spacial score (nSPS) is 46.9. The van der Waals surface area contributed by atoms with E-state index in [1.807, 2.05) is 0 Å². The van der Waals surface area contributed by atoms with E-state index in [0.29, 0.717) is 35.3 Å². The van der Waals surface area contributed by atoms with Gasteiger partial charge in [-0.05, 0) is 105 Å². The van der Waals surface area contributed by atoms with Gasteiger partial charge in [-0.25, -0.2) is 0 Å². The highest BCUT2D eigenvalue weighted by Gasteiger charge is 2.71. The van der Waals surface area contributed by atoms with E-state index < -0.39 is 10.7 Å². The third-order valence-electron chi connectivity index (χ3n) is 13.4. The minimum absolute atomic E-state index is 0.0276. The molecule has 12 atom stereocenters. The highest BCUT2D eigenvalue weighted by Crippen LogP contribution is 2.70. The number of hydrogen-bond acceptors (Lipinski definition) is 7. The van der Waals surface area contributed by atoms with Gasteiger partial charge in [-0.1, -0.05) is 39.8 Å². The lowest BCUT2D eigenvalue weighted by molar-refractivity contribution is -0.383. The first kappa shape index (κ1) is 30.5. The van der Waals surface area contributed by atoms with Gasteiger partial charge >= 0.3 is 0 Å². The summed E-state index contributed by atoms with van der Waals surface area (Å²) < 4.78 is 13.6. The molecule has 0 unspecified atom stereocenters. The highest BCUT2D eigenvalue weighted by atomic mass is 32.1. The molecule has 9 nitrogen and oxygen atoms in total. The van der Waals surface area contributed by atoms with Crippen LogP contribution in [0.15, 0.2) is 29.4 Å². The van der Waals surface area contributed by atoms with Gasteiger partial charge in [0, 0.05) is 35.4 Å². The van der Waals surface area contributed by atoms with Crippen LogP contribution in [0, 0.1) is 62.4 Å². The number of para-hydroxylation sites is 2. The van der Waals surface area contributed by atoms with Crippen LogP contribution in [-0.4, -0.2) is 45.5 Å². The molecule has 0 amide bonds. The number of nitro groups is 1. The van der Waals surface area contributed by atoms with Crippen molar-refractivity contribution in [3.8, 4) is 0 Å². The second kappa shape index (κ2) is 11.0. The fourth-order valence-corrected chi connectivity index (χ4v) is 11.3. The molecule has 1 aromatic rings. The molecule has 1 spiro atoms. The molecule has 2 heterocycles. The lowest BCUT2D eigenvalue weighted by atomic mass is 9.44. The minimum atomic E-state index is -0.516. The Bertz CT molecular complexity index is 1350. The lowest BCUT2D eigenvalue weighted by Crippen LogP contribution is -2.58. The molecule has 44 heavy (non-hydrogen) atoms. The van der Waals surface area contributed by atoms with E-state index in [-0.39, 0.29) is 45.7 Å². The molecule has 6 fully saturated rings. The van der Waals surface area contributed by atoms with E-state index in [0.717, 1.165) is 57.3 Å². The third-order valence-corrected chi connectivity index (χ3v) is 13.6. The maximum Gasteiger partial charge on any atom is 0.292 e. The maximum absolute atomic E-state index is 11.6. The van der Waals surface area contributed by atoms with E-state index >= 15 is 0 Å². The Hall–Kier alpha value is -2.14. The number of nitro benzene ring substituents is 1. The van der Waals surface area contributed by atoms with Gasteiger partial charge in [0.25, 0.3) is 5.69 Å². The molecule has 6 aliphatic rings. The van der Waals surface area contributed by atoms with Crippen LogP contribution in [0.1, 0.15) is 85.5 Å². The van der Waals surface area contributed by atoms with Gasteiger partial charge in [0.15, 0.2) is 10.9 Å². The van der Waals surface area contributed by atoms with Gasteiger partial charge in [0.05, 0.1) is 23.7 Å². The Labute approximate surface area is 266 Å². The molecule has 0 aromatic heterocycles. The topological polar surface area (TPSA) is 118 Å². The van der Waals surface area contributed by atoms with Crippen LogP contribution in [0.4, 0.5) is 11.4 Å². The monoisotopic (exact) mass is 624 g/mol. The number of ether oxygens (including phenoxy) is 2. The van der Waals surface area contributed by atoms with E-state index in [1.165, 1.54) is 18.9 Å². The Kier molecular flexibility index (Phi) is 7.62. The van der Waals surface area contributed by atoms with Crippen LogP contribution < -0.4 is 10.7 Å². The molecular weight excluding hydrogens is 576 g/mol. The molecule has 2 aliphatic heterocycles. The predicted molar refractivity (Wildman–Crippen MR) is 173 cm³/mol. The average Bonchev–Trinajstić information content (AvgIpc) is 3.44. The summed E-state index contributed by atoms with van der Waals surface area (Å²) in [4.78, 5) is 11.2. The SMILES string of the molecule is C[C@@H]1CC[C@@]2(OC1)O[C@H]1C[C@H]3[C@@H]4CC[C@H]5C[C@@H](O)CC[C@]5(C)[C@H]4C/C(=N\NC(=S)Nc4ccccc4[N+](=O)[O-])[C@]3(C)[C@H]1[C@@H]2C. The van der Waals surface area contributed by atoms with Crippen molar-refractivity contribution in [2.45, 2.75) is 103 Å². The molecule has 0 radical (unpaired) electrons. The third kappa shape index (κ3) is 4.64. The molecule has 10 heteroatoms. The van der Waals surface area contributed by atoms with Crippen molar-refractivity contribution < 1.29 is 19.5 Å². The zero-order valence-corrected chi connectivity index (χ0v) is 27.3. The fourth-order valence-electron chi connectivity index (χ4n) is 11.1. The lowest BCUT2D eigenvalue weighted by Gasteiger charge is -2.61. The van der Waals surface area contributed by atoms with Crippen LogP contribution in [0.3, 0.4) is 0 Å². The predicted octanol–water partition coefficient (Wildman–Crippen LogP) is 6.65. The number of hydrogen-bond donors (Lipinski definition) is 3. The number of rotatable bonds is 3. The van der Waals surface area contributed by atoms with E-state index in [1.54, 1.807) is 18.2 Å². The summed E-state index contributed by atoms with van der Waals surface area (Å²) in [6, 6.07) is 6.52. The van der Waals surface area contributed by atoms with Crippen LogP contribution in [0.25, 0.3) is 0 Å². The quantitative estimate of drug-likeness (QED) is 0.194. The summed E-state index contributed by atoms with van der Waals surface area (Å²) in [5, 5.41) is 30.6. The van der Waals surface area contributed by atoms with Crippen molar-refractivity contribution in [2.75, 3.05) is 11.9 Å². The number of fused-ring (bicyclic) bond motifs is 7. The van der Waals surface area contributed by atoms with Crippen molar-refractivity contribution in [2.24, 2.45) is 57.4 Å². The van der Waals surface area contributed by atoms with Gasteiger partial charge in [-0.15, -0.1) is 0 Å². The largest absolute Gasteiger partial charge is 0.393 e. The zero-order valence-electron chi connectivity index (χ0n) is 26.5. The van der Waals surface area contributed by atoms with Crippen molar-refractivity contribution in [3.05, 3.63) is 34.4 Å².